The van der Waals surface area contributed by atoms with Crippen LogP contribution in [-0.2, 0) is 52.7 Å². The lowest BCUT2D eigenvalue weighted by molar-refractivity contribution is -0.140. The summed E-state index contributed by atoms with van der Waals surface area (Å²) in [5.41, 5.74) is 6.62. The minimum absolute atomic E-state index is 0.0995. The van der Waals surface area contributed by atoms with E-state index < -0.39 is 46.6 Å². The second-order valence-electron chi connectivity index (χ2n) is 19.8. The number of rotatable bonds is 6. The van der Waals surface area contributed by atoms with Crippen LogP contribution in [-0.4, -0.2) is 45.6 Å². The third-order valence-electron chi connectivity index (χ3n) is 15.8. The standard InChI is InChI=1S/C60H48N4O8S/c1-35-43(53(65)63(55(67)47(35)31-61)57(69)71-33-37-15-7-3-8-16-37)27-41-23-39-25-51-45(29-49(39)59(41)19-11-5-12-20-59)46-30-50-40(26-52(46)73-51)24-42(60(50)21-13-6-14-22-60)28-44-36(2)48(32-62)56(68)64(54(44)66)58(70)72-34-38-17-9-4-10-18-38/h3-4,7-10,15-18,23-30H,5-6,11-14,19-22,33-34H2,1-2H3/b43-27-,44-28+. The van der Waals surface area contributed by atoms with Crippen LogP contribution in [0.1, 0.15) is 111 Å². The van der Waals surface area contributed by atoms with Gasteiger partial charge in [0, 0.05) is 42.1 Å². The van der Waals surface area contributed by atoms with E-state index in [4.69, 9.17) is 9.47 Å². The van der Waals surface area contributed by atoms with Crippen LogP contribution >= 0.6 is 11.3 Å². The number of hydrogen-bond donors (Lipinski definition) is 0. The first kappa shape index (κ1) is 47.1. The number of fused-ring (bicyclic) bond motifs is 7. The molecule has 4 aromatic carbocycles. The Morgan fingerprint density at radius 3 is 1.33 bits per heavy atom. The zero-order valence-corrected chi connectivity index (χ0v) is 41.2. The average molecular weight is 985 g/mol. The van der Waals surface area contributed by atoms with Crippen molar-refractivity contribution < 1.29 is 38.2 Å². The van der Waals surface area contributed by atoms with Crippen molar-refractivity contribution in [2.24, 2.45) is 0 Å². The van der Waals surface area contributed by atoms with Gasteiger partial charge in [-0.3, -0.25) is 19.2 Å². The second-order valence-corrected chi connectivity index (χ2v) is 20.9. The Labute approximate surface area is 425 Å². The fourth-order valence-electron chi connectivity index (χ4n) is 12.0. The Balaban J connectivity index is 0.963. The van der Waals surface area contributed by atoms with Gasteiger partial charge in [-0.1, -0.05) is 111 Å². The number of hydrogen-bond acceptors (Lipinski definition) is 11. The molecule has 0 radical (unpaired) electrons. The topological polar surface area (TPSA) is 175 Å². The molecule has 2 fully saturated rings. The van der Waals surface area contributed by atoms with Crippen LogP contribution in [0.3, 0.4) is 0 Å². The van der Waals surface area contributed by atoms with Crippen LogP contribution in [0, 0.1) is 22.7 Å². The minimum atomic E-state index is -1.14. The van der Waals surface area contributed by atoms with Crippen LogP contribution < -0.4 is 0 Å². The molecule has 0 atom stereocenters. The maximum atomic E-state index is 14.3. The van der Waals surface area contributed by atoms with E-state index in [0.29, 0.717) is 20.9 Å². The number of amides is 6. The molecule has 2 aliphatic heterocycles. The molecule has 0 saturated heterocycles. The summed E-state index contributed by atoms with van der Waals surface area (Å²) in [6.07, 6.45) is 14.8. The maximum absolute atomic E-state index is 14.3. The van der Waals surface area contributed by atoms with Crippen LogP contribution in [0.5, 0.6) is 0 Å². The fraction of sp³-hybridized carbons (Fsp3) is 0.267. The predicted molar refractivity (Wildman–Crippen MR) is 275 cm³/mol. The molecular formula is C60H48N4O8S. The number of imide groups is 6. The highest BCUT2D eigenvalue weighted by molar-refractivity contribution is 7.25. The van der Waals surface area contributed by atoms with Crippen molar-refractivity contribution >= 4 is 79.5 Å². The van der Waals surface area contributed by atoms with E-state index in [0.717, 1.165) is 118 Å². The lowest BCUT2D eigenvalue weighted by Gasteiger charge is -2.37. The number of carbonyl (C=O) groups is 6. The highest BCUT2D eigenvalue weighted by atomic mass is 32.1. The zero-order chi connectivity index (χ0) is 50.8. The monoisotopic (exact) mass is 984 g/mol. The van der Waals surface area contributed by atoms with Gasteiger partial charge in [0.25, 0.3) is 23.6 Å². The largest absolute Gasteiger partial charge is 0.444 e. The summed E-state index contributed by atoms with van der Waals surface area (Å²) in [6, 6.07) is 30.8. The fourth-order valence-corrected chi connectivity index (χ4v) is 13.2. The lowest BCUT2D eigenvalue weighted by atomic mass is 9.66. The van der Waals surface area contributed by atoms with Crippen molar-refractivity contribution in [1.82, 2.24) is 9.80 Å². The van der Waals surface area contributed by atoms with Crippen molar-refractivity contribution in [3.8, 4) is 12.1 Å². The summed E-state index contributed by atoms with van der Waals surface area (Å²) >= 11 is 1.68. The lowest BCUT2D eigenvalue weighted by Crippen LogP contribution is -2.46. The molecule has 11 rings (SSSR count). The molecule has 1 aromatic heterocycles. The van der Waals surface area contributed by atoms with Crippen LogP contribution in [0.2, 0.25) is 0 Å². The molecule has 362 valence electrons. The molecule has 0 unspecified atom stereocenters. The quantitative estimate of drug-likeness (QED) is 0.118. The summed E-state index contributed by atoms with van der Waals surface area (Å²) in [5, 5.41) is 22.6. The first-order valence-electron chi connectivity index (χ1n) is 24.7. The van der Waals surface area contributed by atoms with Crippen LogP contribution in [0.4, 0.5) is 9.59 Å². The molecule has 2 saturated carbocycles. The highest BCUT2D eigenvalue weighted by Crippen LogP contribution is 2.57. The average Bonchev–Trinajstić information content (AvgIpc) is 3.99. The Hall–Kier alpha value is -8.26. The molecular weight excluding hydrogens is 937 g/mol. The Kier molecular flexibility index (Phi) is 11.9. The van der Waals surface area contributed by atoms with Gasteiger partial charge in [-0.05, 0) is 132 Å². The number of ether oxygens (including phenoxy) is 2. The third kappa shape index (κ3) is 7.69. The van der Waals surface area contributed by atoms with Crippen molar-refractivity contribution in [1.29, 1.82) is 10.5 Å². The van der Waals surface area contributed by atoms with Gasteiger partial charge in [0.1, 0.15) is 36.5 Å². The smallest absolute Gasteiger partial charge is 0.424 e. The van der Waals surface area contributed by atoms with Gasteiger partial charge in [0.05, 0.1) is 0 Å². The summed E-state index contributed by atoms with van der Waals surface area (Å²) in [4.78, 5) is 83.6. The first-order valence-corrected chi connectivity index (χ1v) is 25.5. The molecule has 73 heavy (non-hydrogen) atoms. The molecule has 0 bridgehead atoms. The predicted octanol–water partition coefficient (Wildman–Crippen LogP) is 12.2. The summed E-state index contributed by atoms with van der Waals surface area (Å²) in [7, 11) is 0. The first-order chi connectivity index (χ1) is 35.4. The molecule has 4 aliphatic carbocycles. The maximum Gasteiger partial charge on any atom is 0.424 e. The molecule has 5 aromatic rings. The summed E-state index contributed by atoms with van der Waals surface area (Å²) < 4.78 is 13.1. The number of benzene rings is 4. The molecule has 6 amide bonds. The van der Waals surface area contributed by atoms with E-state index >= 15 is 0 Å². The minimum Gasteiger partial charge on any atom is -0.444 e. The van der Waals surface area contributed by atoms with Crippen molar-refractivity contribution in [3.63, 3.8) is 0 Å². The number of allylic oxidation sites excluding steroid dienone is 4. The Morgan fingerprint density at radius 2 is 0.959 bits per heavy atom. The Bertz CT molecular complexity index is 3350. The van der Waals surface area contributed by atoms with Gasteiger partial charge < -0.3 is 9.47 Å². The third-order valence-corrected chi connectivity index (χ3v) is 17.0. The van der Waals surface area contributed by atoms with Gasteiger partial charge in [-0.15, -0.1) is 11.3 Å². The number of nitriles is 2. The molecule has 0 N–H and O–H groups in total. The van der Waals surface area contributed by atoms with Crippen LogP contribution in [0.25, 0.3) is 32.3 Å². The number of thiophene rings is 1. The molecule has 6 aliphatic rings. The van der Waals surface area contributed by atoms with Gasteiger partial charge in [0.15, 0.2) is 0 Å². The van der Waals surface area contributed by atoms with E-state index in [1.54, 1.807) is 85.9 Å². The zero-order valence-electron chi connectivity index (χ0n) is 40.3. The molecule has 12 nitrogen and oxygen atoms in total. The van der Waals surface area contributed by atoms with Gasteiger partial charge in [0.2, 0.25) is 0 Å². The number of nitrogens with zero attached hydrogens (tertiary/aromatic N) is 4. The van der Waals surface area contributed by atoms with Crippen molar-refractivity contribution in [3.05, 3.63) is 175 Å². The Morgan fingerprint density at radius 1 is 0.575 bits per heavy atom. The SMILES string of the molecule is CC1=C(C#N)C(=O)N(C(=O)OCc2ccccc2)C(=O)/C1=C\C1=Cc2cc3sc4cc5c(cc4c3cc2C12CCCCC2)C1(CCCCC1)C(/C=C1/C(=O)N(C(=O)OCc2ccccc2)C(=O)C(C#N)=C1C)=C5. The summed E-state index contributed by atoms with van der Waals surface area (Å²) in [6.45, 7) is 2.84. The van der Waals surface area contributed by atoms with Gasteiger partial charge in [-0.2, -0.15) is 20.3 Å². The van der Waals surface area contributed by atoms with E-state index in [2.05, 4.69) is 36.4 Å². The van der Waals surface area contributed by atoms with Crippen LogP contribution in [0.15, 0.2) is 142 Å². The van der Waals surface area contributed by atoms with Crippen molar-refractivity contribution in [2.45, 2.75) is 102 Å². The van der Waals surface area contributed by atoms with E-state index in [9.17, 15) is 39.3 Å². The van der Waals surface area contributed by atoms with E-state index in [1.165, 1.54) is 0 Å². The van der Waals surface area contributed by atoms with E-state index in [1.807, 2.05) is 24.3 Å². The van der Waals surface area contributed by atoms with Gasteiger partial charge >= 0.3 is 12.2 Å². The van der Waals surface area contributed by atoms with Gasteiger partial charge in [-0.25, -0.2) is 9.59 Å². The highest BCUT2D eigenvalue weighted by Gasteiger charge is 2.47. The molecule has 2 spiro atoms. The second kappa shape index (κ2) is 18.4. The normalized spacial score (nSPS) is 20.2. The van der Waals surface area contributed by atoms with E-state index in [-0.39, 0.29) is 46.7 Å². The molecule has 3 heterocycles. The summed E-state index contributed by atoms with van der Waals surface area (Å²) in [5.74, 6) is -3.68. The number of carbonyl (C=O) groups excluding carboxylic acids is 6. The molecule has 13 heteroatoms. The van der Waals surface area contributed by atoms with Crippen molar-refractivity contribution in [2.75, 3.05) is 0 Å².